The minimum atomic E-state index is -1.39. The number of esters is 1. The highest BCUT2D eigenvalue weighted by Crippen LogP contribution is 2.67. The summed E-state index contributed by atoms with van der Waals surface area (Å²) in [5.74, 6) is 0.209. The van der Waals surface area contributed by atoms with E-state index in [9.17, 15) is 20.1 Å². The van der Waals surface area contributed by atoms with Gasteiger partial charge in [0.05, 0.1) is 18.1 Å². The molecule has 0 aromatic heterocycles. The van der Waals surface area contributed by atoms with Crippen molar-refractivity contribution in [3.05, 3.63) is 11.6 Å². The molecule has 0 amide bonds. The lowest BCUT2D eigenvalue weighted by Gasteiger charge is -2.63. The molecule has 26 heavy (non-hydrogen) atoms. The number of aliphatic hydroxyl groups excluding tert-OH is 2. The van der Waals surface area contributed by atoms with Crippen LogP contribution in [-0.2, 0) is 14.3 Å². The molecule has 0 radical (unpaired) electrons. The Labute approximate surface area is 154 Å². The zero-order valence-corrected chi connectivity index (χ0v) is 15.6. The number of hydrogen-bond donors (Lipinski definition) is 3. The summed E-state index contributed by atoms with van der Waals surface area (Å²) in [6, 6.07) is 0. The number of carbonyl (C=O) groups is 1. The monoisotopic (exact) mass is 366 g/mol. The fourth-order valence-electron chi connectivity index (χ4n) is 6.37. The zero-order chi connectivity index (χ0) is 18.7. The summed E-state index contributed by atoms with van der Waals surface area (Å²) in [5.41, 5.74) is -1.31. The predicted octanol–water partition coefficient (Wildman–Crippen LogP) is 1.52. The molecule has 2 aliphatic heterocycles. The van der Waals surface area contributed by atoms with E-state index in [1.807, 2.05) is 0 Å². The smallest absolute Gasteiger partial charge is 0.331 e. The lowest BCUT2D eigenvalue weighted by Crippen LogP contribution is -2.68. The number of carbonyl (C=O) groups excluding carboxylic acids is 1. The van der Waals surface area contributed by atoms with E-state index in [2.05, 4.69) is 13.8 Å². The molecule has 0 aromatic carbocycles. The number of cyclic esters (lactones) is 1. The molecule has 6 nitrogen and oxygen atoms in total. The standard InChI is InChI=1S/C20H30O6/c1-12-5-8-19-14(3-4-15(21)20(19,24)11-26-17(19)23)18(12,2)7-6-13-9-16(22)25-10-13/h9,12,14-15,17,21,23-24H,3-8,10-11H2,1-2H3. The molecule has 3 fully saturated rings. The lowest BCUT2D eigenvalue weighted by molar-refractivity contribution is -0.262. The van der Waals surface area contributed by atoms with Crippen molar-refractivity contribution in [2.75, 3.05) is 13.2 Å². The first-order chi connectivity index (χ1) is 12.2. The van der Waals surface area contributed by atoms with Gasteiger partial charge >= 0.3 is 5.97 Å². The van der Waals surface area contributed by atoms with Gasteiger partial charge in [0.25, 0.3) is 0 Å². The first kappa shape index (κ1) is 18.4. The van der Waals surface area contributed by atoms with E-state index in [4.69, 9.17) is 9.47 Å². The van der Waals surface area contributed by atoms with Gasteiger partial charge in [0.2, 0.25) is 0 Å². The third-order valence-electron chi connectivity index (χ3n) is 8.23. The Balaban J connectivity index is 1.66. The van der Waals surface area contributed by atoms with Crippen LogP contribution in [0.15, 0.2) is 11.6 Å². The van der Waals surface area contributed by atoms with Gasteiger partial charge in [-0.15, -0.1) is 0 Å². The van der Waals surface area contributed by atoms with Gasteiger partial charge in [0.1, 0.15) is 12.2 Å². The third-order valence-corrected chi connectivity index (χ3v) is 8.23. The van der Waals surface area contributed by atoms with E-state index in [-0.39, 0.29) is 23.9 Å². The minimum Gasteiger partial charge on any atom is -0.458 e. The summed E-state index contributed by atoms with van der Waals surface area (Å²) in [7, 11) is 0. The fraction of sp³-hybridized carbons (Fsp3) is 0.850. The van der Waals surface area contributed by atoms with Crippen LogP contribution in [0.25, 0.3) is 0 Å². The van der Waals surface area contributed by atoms with Gasteiger partial charge < -0.3 is 24.8 Å². The lowest BCUT2D eigenvalue weighted by atomic mass is 9.42. The molecule has 7 unspecified atom stereocenters. The minimum absolute atomic E-state index is 0.0101. The largest absolute Gasteiger partial charge is 0.458 e. The van der Waals surface area contributed by atoms with E-state index in [1.165, 1.54) is 0 Å². The molecule has 2 heterocycles. The molecule has 1 spiro atoms. The van der Waals surface area contributed by atoms with E-state index in [1.54, 1.807) is 6.08 Å². The topological polar surface area (TPSA) is 96.2 Å². The molecule has 4 aliphatic rings. The van der Waals surface area contributed by atoms with Crippen molar-refractivity contribution in [1.29, 1.82) is 0 Å². The summed E-state index contributed by atoms with van der Waals surface area (Å²) in [5, 5.41) is 32.7. The summed E-state index contributed by atoms with van der Waals surface area (Å²) in [6.07, 6.45) is 4.13. The van der Waals surface area contributed by atoms with Crippen LogP contribution in [0.4, 0.5) is 0 Å². The number of ether oxygens (including phenoxy) is 2. The first-order valence-corrected chi connectivity index (χ1v) is 9.80. The fourth-order valence-corrected chi connectivity index (χ4v) is 6.37. The number of rotatable bonds is 3. The van der Waals surface area contributed by atoms with Gasteiger partial charge in [-0.3, -0.25) is 0 Å². The maximum Gasteiger partial charge on any atom is 0.331 e. The van der Waals surface area contributed by atoms with Gasteiger partial charge in [-0.05, 0) is 61.3 Å². The van der Waals surface area contributed by atoms with Crippen molar-refractivity contribution < 1.29 is 29.6 Å². The van der Waals surface area contributed by atoms with Gasteiger partial charge in [0, 0.05) is 6.08 Å². The zero-order valence-electron chi connectivity index (χ0n) is 15.6. The second-order valence-corrected chi connectivity index (χ2v) is 9.13. The molecule has 146 valence electrons. The average Bonchev–Trinajstić information content (AvgIpc) is 3.14. The van der Waals surface area contributed by atoms with Crippen molar-refractivity contribution in [3.63, 3.8) is 0 Å². The summed E-state index contributed by atoms with van der Waals surface area (Å²) in [6.45, 7) is 4.84. The highest BCUT2D eigenvalue weighted by molar-refractivity contribution is 5.85. The van der Waals surface area contributed by atoms with Crippen LogP contribution in [0, 0.1) is 22.7 Å². The molecule has 2 saturated carbocycles. The van der Waals surface area contributed by atoms with Crippen LogP contribution >= 0.6 is 0 Å². The maximum absolute atomic E-state index is 11.4. The number of aliphatic hydroxyl groups is 3. The van der Waals surface area contributed by atoms with Crippen LogP contribution in [-0.4, -0.2) is 52.5 Å². The van der Waals surface area contributed by atoms with E-state index in [0.29, 0.717) is 25.4 Å². The molecular weight excluding hydrogens is 336 g/mol. The molecule has 7 atom stereocenters. The normalized spacial score (nSPS) is 50.8. The summed E-state index contributed by atoms with van der Waals surface area (Å²) < 4.78 is 10.5. The second kappa shape index (κ2) is 6.03. The van der Waals surface area contributed by atoms with Gasteiger partial charge in [-0.25, -0.2) is 4.79 Å². The van der Waals surface area contributed by atoms with Crippen molar-refractivity contribution in [2.45, 2.75) is 70.4 Å². The Morgan fingerprint density at radius 3 is 2.73 bits per heavy atom. The van der Waals surface area contributed by atoms with E-state index >= 15 is 0 Å². The SMILES string of the molecule is CC1CCC23C(O)OCC2(O)C(O)CCC3C1(C)CCC1=CC(=O)OC1. The van der Waals surface area contributed by atoms with E-state index in [0.717, 1.165) is 31.3 Å². The van der Waals surface area contributed by atoms with Crippen molar-refractivity contribution in [3.8, 4) is 0 Å². The van der Waals surface area contributed by atoms with Crippen molar-refractivity contribution in [1.82, 2.24) is 0 Å². The molecule has 3 N–H and O–H groups in total. The van der Waals surface area contributed by atoms with Crippen LogP contribution in [0.2, 0.25) is 0 Å². The van der Waals surface area contributed by atoms with Gasteiger partial charge in [-0.1, -0.05) is 13.8 Å². The Kier molecular flexibility index (Phi) is 4.27. The molecule has 6 heteroatoms. The molecule has 2 aliphatic carbocycles. The highest BCUT2D eigenvalue weighted by Gasteiger charge is 2.72. The molecule has 4 rings (SSSR count). The van der Waals surface area contributed by atoms with Crippen LogP contribution < -0.4 is 0 Å². The molecule has 1 saturated heterocycles. The maximum atomic E-state index is 11.4. The Hall–Kier alpha value is -0.950. The predicted molar refractivity (Wildman–Crippen MR) is 92.9 cm³/mol. The van der Waals surface area contributed by atoms with Crippen molar-refractivity contribution in [2.24, 2.45) is 22.7 Å². The van der Waals surface area contributed by atoms with Crippen LogP contribution in [0.1, 0.15) is 52.4 Å². The Morgan fingerprint density at radius 2 is 2.04 bits per heavy atom. The molecule has 0 aromatic rings. The second-order valence-electron chi connectivity index (χ2n) is 9.13. The highest BCUT2D eigenvalue weighted by atomic mass is 16.6. The van der Waals surface area contributed by atoms with Crippen molar-refractivity contribution >= 4 is 5.97 Å². The summed E-state index contributed by atoms with van der Waals surface area (Å²) >= 11 is 0. The quantitative estimate of drug-likeness (QED) is 0.656. The van der Waals surface area contributed by atoms with Crippen LogP contribution in [0.3, 0.4) is 0 Å². The molecule has 0 bridgehead atoms. The Bertz CT molecular complexity index is 632. The summed E-state index contributed by atoms with van der Waals surface area (Å²) in [4.78, 5) is 11.3. The van der Waals surface area contributed by atoms with Crippen LogP contribution in [0.5, 0.6) is 0 Å². The van der Waals surface area contributed by atoms with Gasteiger partial charge in [0.15, 0.2) is 6.29 Å². The van der Waals surface area contributed by atoms with E-state index < -0.39 is 23.4 Å². The average molecular weight is 366 g/mol. The molecular formula is C20H30O6. The first-order valence-electron chi connectivity index (χ1n) is 9.80. The number of hydrogen-bond acceptors (Lipinski definition) is 6. The Morgan fingerprint density at radius 1 is 1.27 bits per heavy atom. The van der Waals surface area contributed by atoms with Gasteiger partial charge in [-0.2, -0.15) is 0 Å². The third kappa shape index (κ3) is 2.28.